The number of benzene rings is 2. The lowest BCUT2D eigenvalue weighted by molar-refractivity contribution is -0.143. The molecule has 0 bridgehead atoms. The van der Waals surface area contributed by atoms with Crippen LogP contribution in [0, 0.1) is 18.3 Å². The highest BCUT2D eigenvalue weighted by Crippen LogP contribution is 2.42. The summed E-state index contributed by atoms with van der Waals surface area (Å²) in [6.45, 7) is 5.36. The van der Waals surface area contributed by atoms with E-state index in [-0.39, 0.29) is 43.5 Å². The zero-order valence-electron chi connectivity index (χ0n) is 18.6. The molecule has 0 unspecified atom stereocenters. The minimum atomic E-state index is -0.679. The van der Waals surface area contributed by atoms with Crippen LogP contribution in [0.15, 0.2) is 24.3 Å². The van der Waals surface area contributed by atoms with E-state index < -0.39 is 11.9 Å². The highest BCUT2D eigenvalue weighted by atomic mass is 16.7. The van der Waals surface area contributed by atoms with Crippen molar-refractivity contribution >= 4 is 28.5 Å². The van der Waals surface area contributed by atoms with E-state index in [1.165, 1.54) is 4.57 Å². The van der Waals surface area contributed by atoms with Crippen molar-refractivity contribution in [2.75, 3.05) is 25.7 Å². The van der Waals surface area contributed by atoms with Gasteiger partial charge in [-0.3, -0.25) is 4.79 Å². The van der Waals surface area contributed by atoms with Crippen molar-refractivity contribution in [2.24, 2.45) is 0 Å². The average Bonchev–Trinajstić information content (AvgIpc) is 3.35. The van der Waals surface area contributed by atoms with Gasteiger partial charge in [0.2, 0.25) is 6.79 Å². The summed E-state index contributed by atoms with van der Waals surface area (Å²) < 4.78 is 22.6. The van der Waals surface area contributed by atoms with Crippen molar-refractivity contribution in [3.63, 3.8) is 0 Å². The first kappa shape index (κ1) is 22.0. The third-order valence-corrected chi connectivity index (χ3v) is 5.42. The molecule has 0 aliphatic carbocycles. The number of aromatic nitrogens is 1. The minimum Gasteiger partial charge on any atom is -0.465 e. The maximum absolute atomic E-state index is 12.8. The van der Waals surface area contributed by atoms with Gasteiger partial charge in [0, 0.05) is 10.9 Å². The molecule has 0 amide bonds. The van der Waals surface area contributed by atoms with Crippen LogP contribution in [0.1, 0.15) is 35.5 Å². The lowest BCUT2D eigenvalue weighted by Crippen LogP contribution is -2.20. The molecule has 0 radical (unpaired) electrons. The fourth-order valence-corrected chi connectivity index (χ4v) is 4.12. The number of nitrogens with two attached hydrogens (primary N) is 1. The van der Waals surface area contributed by atoms with Gasteiger partial charge < -0.3 is 29.2 Å². The van der Waals surface area contributed by atoms with E-state index in [4.69, 9.17) is 24.7 Å². The van der Waals surface area contributed by atoms with E-state index in [1.54, 1.807) is 32.0 Å². The Morgan fingerprint density at radius 2 is 1.88 bits per heavy atom. The second-order valence-corrected chi connectivity index (χ2v) is 7.39. The molecule has 0 atom stereocenters. The average molecular weight is 449 g/mol. The molecule has 9 heteroatoms. The number of carbonyl (C=O) groups is 2. The summed E-state index contributed by atoms with van der Waals surface area (Å²) in [6.07, 6.45) is 0. The highest BCUT2D eigenvalue weighted by molar-refractivity contribution is 6.10. The molecule has 0 saturated carbocycles. The van der Waals surface area contributed by atoms with E-state index in [1.807, 2.05) is 13.0 Å². The predicted molar refractivity (Wildman–Crippen MR) is 120 cm³/mol. The number of aryl methyl sites for hydroxylation is 1. The van der Waals surface area contributed by atoms with Gasteiger partial charge in [-0.25, -0.2) is 4.79 Å². The first-order valence-electron chi connectivity index (χ1n) is 10.5. The summed E-state index contributed by atoms with van der Waals surface area (Å²) in [7, 11) is 0. The molecule has 9 nitrogen and oxygen atoms in total. The van der Waals surface area contributed by atoms with Gasteiger partial charge in [-0.15, -0.1) is 0 Å². The summed E-state index contributed by atoms with van der Waals surface area (Å²) in [5, 5.41) is 10.7. The monoisotopic (exact) mass is 449 g/mol. The molecule has 170 valence electrons. The number of rotatable bonds is 6. The van der Waals surface area contributed by atoms with Crippen molar-refractivity contribution in [1.29, 1.82) is 5.26 Å². The zero-order valence-corrected chi connectivity index (χ0v) is 18.6. The van der Waals surface area contributed by atoms with E-state index >= 15 is 0 Å². The number of hydrogen-bond acceptors (Lipinski definition) is 8. The zero-order chi connectivity index (χ0) is 23.7. The Bertz CT molecular complexity index is 1320. The molecule has 0 saturated heterocycles. The lowest BCUT2D eigenvalue weighted by Gasteiger charge is -2.14. The summed E-state index contributed by atoms with van der Waals surface area (Å²) in [6, 6.07) is 9.46. The second-order valence-electron chi connectivity index (χ2n) is 7.39. The quantitative estimate of drug-likeness (QED) is 0.567. The van der Waals surface area contributed by atoms with Crippen LogP contribution in [0.3, 0.4) is 0 Å². The van der Waals surface area contributed by atoms with Gasteiger partial charge in [-0.1, -0.05) is 6.07 Å². The molecule has 2 aromatic carbocycles. The second kappa shape index (κ2) is 8.74. The predicted octanol–water partition coefficient (Wildman–Crippen LogP) is 3.54. The number of esters is 2. The summed E-state index contributed by atoms with van der Waals surface area (Å²) in [4.78, 5) is 25.2. The standard InChI is InChI=1S/C24H23N3O6/c1-4-30-19(28)11-27-22-15(21(26)23(27)24(29)31-5-2)8-13(3)20(16(22)10-25)14-6-7-17-18(9-14)33-12-32-17/h6-9H,4-5,11-12,26H2,1-3H3. The lowest BCUT2D eigenvalue weighted by atomic mass is 9.93. The Kier molecular flexibility index (Phi) is 5.84. The summed E-state index contributed by atoms with van der Waals surface area (Å²) in [5.74, 6) is -0.0456. The van der Waals surface area contributed by atoms with Crippen molar-refractivity contribution in [1.82, 2.24) is 4.57 Å². The van der Waals surface area contributed by atoms with Gasteiger partial charge in [0.1, 0.15) is 12.6 Å². The maximum atomic E-state index is 12.8. The first-order chi connectivity index (χ1) is 15.9. The molecule has 0 spiro atoms. The van der Waals surface area contributed by atoms with Gasteiger partial charge in [-0.2, -0.15) is 5.26 Å². The number of nitriles is 1. The summed E-state index contributed by atoms with van der Waals surface area (Å²) in [5.41, 5.74) is 9.29. The van der Waals surface area contributed by atoms with Gasteiger partial charge in [0.05, 0.1) is 30.0 Å². The Labute approximate surface area is 190 Å². The number of nitrogen functional groups attached to an aromatic ring is 1. The molecule has 1 aliphatic rings. The number of carbonyl (C=O) groups excluding carboxylic acids is 2. The van der Waals surface area contributed by atoms with E-state index in [9.17, 15) is 14.9 Å². The van der Waals surface area contributed by atoms with Crippen molar-refractivity contribution in [3.8, 4) is 28.7 Å². The third-order valence-electron chi connectivity index (χ3n) is 5.42. The van der Waals surface area contributed by atoms with Crippen molar-refractivity contribution < 1.29 is 28.5 Å². The van der Waals surface area contributed by atoms with Crippen LogP contribution in [-0.4, -0.2) is 36.5 Å². The Morgan fingerprint density at radius 1 is 1.15 bits per heavy atom. The Balaban J connectivity index is 2.03. The van der Waals surface area contributed by atoms with Crippen molar-refractivity contribution in [2.45, 2.75) is 27.3 Å². The topological polar surface area (TPSA) is 126 Å². The Morgan fingerprint density at radius 3 is 2.58 bits per heavy atom. The fraction of sp³-hybridized carbons (Fsp3) is 0.292. The number of hydrogen-bond donors (Lipinski definition) is 1. The number of fused-ring (bicyclic) bond motifs is 2. The minimum absolute atomic E-state index is 0.0126. The van der Waals surface area contributed by atoms with Gasteiger partial charge >= 0.3 is 11.9 Å². The molecular formula is C24H23N3O6. The van der Waals surface area contributed by atoms with E-state index in [0.29, 0.717) is 28.0 Å². The van der Waals surface area contributed by atoms with Gasteiger partial charge in [-0.05, 0) is 50.1 Å². The number of nitrogens with zero attached hydrogens (tertiary/aromatic N) is 2. The van der Waals surface area contributed by atoms with Crippen LogP contribution in [0.5, 0.6) is 11.5 Å². The number of ether oxygens (including phenoxy) is 4. The molecule has 2 heterocycles. The van der Waals surface area contributed by atoms with Gasteiger partial charge in [0.15, 0.2) is 17.2 Å². The summed E-state index contributed by atoms with van der Waals surface area (Å²) >= 11 is 0. The largest absolute Gasteiger partial charge is 0.465 e. The van der Waals surface area contributed by atoms with Crippen LogP contribution in [0.4, 0.5) is 5.69 Å². The molecule has 1 aliphatic heterocycles. The molecule has 3 aromatic rings. The van der Waals surface area contributed by atoms with E-state index in [2.05, 4.69) is 6.07 Å². The first-order valence-corrected chi connectivity index (χ1v) is 10.5. The highest BCUT2D eigenvalue weighted by Gasteiger charge is 2.28. The fourth-order valence-electron chi connectivity index (χ4n) is 4.12. The van der Waals surface area contributed by atoms with Crippen LogP contribution in [0.25, 0.3) is 22.0 Å². The molecule has 0 fully saturated rings. The molecule has 33 heavy (non-hydrogen) atoms. The third kappa shape index (κ3) is 3.69. The SMILES string of the molecule is CCOC(=O)Cn1c(C(=O)OCC)c(N)c2cc(C)c(-c3ccc4c(c3)OCO4)c(C#N)c21. The smallest absolute Gasteiger partial charge is 0.357 e. The molecular weight excluding hydrogens is 426 g/mol. The van der Waals surface area contributed by atoms with Crippen LogP contribution in [-0.2, 0) is 20.8 Å². The van der Waals surface area contributed by atoms with Gasteiger partial charge in [0.25, 0.3) is 0 Å². The maximum Gasteiger partial charge on any atom is 0.357 e. The molecule has 2 N–H and O–H groups in total. The normalized spacial score (nSPS) is 11.9. The van der Waals surface area contributed by atoms with Crippen LogP contribution in [0.2, 0.25) is 0 Å². The Hall–Kier alpha value is -4.19. The molecule has 4 rings (SSSR count). The van der Waals surface area contributed by atoms with Crippen LogP contribution < -0.4 is 15.2 Å². The van der Waals surface area contributed by atoms with Crippen LogP contribution >= 0.6 is 0 Å². The molecule has 1 aromatic heterocycles. The van der Waals surface area contributed by atoms with Crippen molar-refractivity contribution in [3.05, 3.63) is 41.1 Å². The number of anilines is 1. The van der Waals surface area contributed by atoms with E-state index in [0.717, 1.165) is 11.1 Å².